The number of aromatic nitrogens is 1. The van der Waals surface area contributed by atoms with Crippen molar-refractivity contribution in [2.45, 2.75) is 21.8 Å². The molecule has 1 aromatic heterocycles. The summed E-state index contributed by atoms with van der Waals surface area (Å²) in [6.07, 6.45) is -3.70. The highest BCUT2D eigenvalue weighted by Gasteiger charge is 2.37. The van der Waals surface area contributed by atoms with E-state index in [0.717, 1.165) is 24.0 Å². The molecule has 1 saturated heterocycles. The molecule has 1 aliphatic rings. The van der Waals surface area contributed by atoms with Crippen molar-refractivity contribution in [3.63, 3.8) is 0 Å². The first-order chi connectivity index (χ1) is 8.67. The Morgan fingerprint density at radius 1 is 1.32 bits per heavy atom. The van der Waals surface area contributed by atoms with Gasteiger partial charge in [-0.2, -0.15) is 13.2 Å². The predicted octanol–water partition coefficient (Wildman–Crippen LogP) is 2.60. The summed E-state index contributed by atoms with van der Waals surface area (Å²) in [7, 11) is -3.16. The SMILES string of the molecule is O=S1(=O)C[C@H](Sc2ccc(C(F)(F)F)cn2)[C@@H](Cl)C1. The lowest BCUT2D eigenvalue weighted by Crippen LogP contribution is -2.14. The molecule has 19 heavy (non-hydrogen) atoms. The highest BCUT2D eigenvalue weighted by atomic mass is 35.5. The summed E-state index contributed by atoms with van der Waals surface area (Å²) in [5.41, 5.74) is -0.835. The minimum Gasteiger partial charge on any atom is -0.249 e. The van der Waals surface area contributed by atoms with E-state index in [4.69, 9.17) is 11.6 Å². The first kappa shape index (κ1) is 14.9. The lowest BCUT2D eigenvalue weighted by molar-refractivity contribution is -0.137. The number of sulfone groups is 1. The molecule has 1 aromatic rings. The van der Waals surface area contributed by atoms with Gasteiger partial charge >= 0.3 is 6.18 Å². The second-order valence-electron chi connectivity index (χ2n) is 4.13. The number of hydrogen-bond acceptors (Lipinski definition) is 4. The Labute approximate surface area is 117 Å². The van der Waals surface area contributed by atoms with Crippen molar-refractivity contribution in [3.05, 3.63) is 23.9 Å². The van der Waals surface area contributed by atoms with Crippen LogP contribution in [0.15, 0.2) is 23.4 Å². The second-order valence-corrected chi connectivity index (χ2v) is 8.11. The lowest BCUT2D eigenvalue weighted by atomic mass is 10.3. The van der Waals surface area contributed by atoms with Crippen LogP contribution >= 0.6 is 23.4 Å². The first-order valence-electron chi connectivity index (χ1n) is 5.22. The summed E-state index contributed by atoms with van der Waals surface area (Å²) in [4.78, 5) is 3.68. The van der Waals surface area contributed by atoms with E-state index in [9.17, 15) is 21.6 Å². The molecular formula is C10H9ClF3NO2S2. The Kier molecular flexibility index (Phi) is 4.04. The van der Waals surface area contributed by atoms with Crippen LogP contribution in [0.3, 0.4) is 0 Å². The van der Waals surface area contributed by atoms with Crippen molar-refractivity contribution in [1.29, 1.82) is 0 Å². The summed E-state index contributed by atoms with van der Waals surface area (Å²) in [5.74, 6) is -0.179. The number of nitrogens with zero attached hydrogens (tertiary/aromatic N) is 1. The van der Waals surface area contributed by atoms with Crippen LogP contribution < -0.4 is 0 Å². The quantitative estimate of drug-likeness (QED) is 0.782. The number of alkyl halides is 4. The van der Waals surface area contributed by atoms with Crippen LogP contribution in [0.4, 0.5) is 13.2 Å². The zero-order valence-corrected chi connectivity index (χ0v) is 11.8. The lowest BCUT2D eigenvalue weighted by Gasteiger charge is -2.11. The topological polar surface area (TPSA) is 47.0 Å². The number of halogens is 4. The van der Waals surface area contributed by atoms with Gasteiger partial charge in [0.25, 0.3) is 0 Å². The van der Waals surface area contributed by atoms with Gasteiger partial charge in [0.15, 0.2) is 9.84 Å². The van der Waals surface area contributed by atoms with E-state index >= 15 is 0 Å². The minimum atomic E-state index is -4.43. The molecular weight excluding hydrogens is 323 g/mol. The van der Waals surface area contributed by atoms with Gasteiger partial charge in [-0.3, -0.25) is 0 Å². The van der Waals surface area contributed by atoms with E-state index in [1.165, 1.54) is 6.07 Å². The molecule has 0 unspecified atom stereocenters. The van der Waals surface area contributed by atoms with E-state index < -0.39 is 27.0 Å². The fraction of sp³-hybridized carbons (Fsp3) is 0.500. The molecule has 0 radical (unpaired) electrons. The molecule has 0 amide bonds. The molecule has 0 bridgehead atoms. The average molecular weight is 332 g/mol. The van der Waals surface area contributed by atoms with Crippen LogP contribution in [-0.4, -0.2) is 35.5 Å². The van der Waals surface area contributed by atoms with Crippen molar-refractivity contribution in [2.24, 2.45) is 0 Å². The fourth-order valence-electron chi connectivity index (χ4n) is 1.65. The van der Waals surface area contributed by atoms with E-state index in [1.807, 2.05) is 0 Å². The second kappa shape index (κ2) is 5.14. The van der Waals surface area contributed by atoms with Gasteiger partial charge < -0.3 is 0 Å². The highest BCUT2D eigenvalue weighted by molar-refractivity contribution is 8.02. The Morgan fingerprint density at radius 3 is 2.42 bits per heavy atom. The zero-order valence-electron chi connectivity index (χ0n) is 9.39. The fourth-order valence-corrected chi connectivity index (χ4v) is 5.99. The highest BCUT2D eigenvalue weighted by Crippen LogP contribution is 2.34. The maximum Gasteiger partial charge on any atom is 0.417 e. The molecule has 2 heterocycles. The average Bonchev–Trinajstić information content (AvgIpc) is 2.51. The van der Waals surface area contributed by atoms with Gasteiger partial charge in [0, 0.05) is 11.4 Å². The third-order valence-corrected chi connectivity index (χ3v) is 6.59. The van der Waals surface area contributed by atoms with Gasteiger partial charge in [0.1, 0.15) is 0 Å². The number of hydrogen-bond donors (Lipinski definition) is 0. The van der Waals surface area contributed by atoms with Crippen molar-refractivity contribution in [1.82, 2.24) is 4.98 Å². The molecule has 1 aliphatic heterocycles. The number of pyridine rings is 1. The normalized spacial score (nSPS) is 26.5. The maximum absolute atomic E-state index is 12.3. The molecule has 2 atom stereocenters. The van der Waals surface area contributed by atoms with E-state index in [2.05, 4.69) is 4.98 Å². The van der Waals surface area contributed by atoms with Crippen LogP contribution in [0.5, 0.6) is 0 Å². The molecule has 1 fully saturated rings. The summed E-state index contributed by atoms with van der Waals surface area (Å²) in [5, 5.41) is -0.587. The largest absolute Gasteiger partial charge is 0.417 e. The Balaban J connectivity index is 2.09. The van der Waals surface area contributed by atoms with Crippen LogP contribution in [0.25, 0.3) is 0 Å². The van der Waals surface area contributed by atoms with Crippen LogP contribution in [0.1, 0.15) is 5.56 Å². The molecule has 0 spiro atoms. The molecule has 0 saturated carbocycles. The van der Waals surface area contributed by atoms with Crippen molar-refractivity contribution >= 4 is 33.2 Å². The van der Waals surface area contributed by atoms with Crippen LogP contribution in [0, 0.1) is 0 Å². The smallest absolute Gasteiger partial charge is 0.249 e. The van der Waals surface area contributed by atoms with Crippen molar-refractivity contribution in [3.8, 4) is 0 Å². The van der Waals surface area contributed by atoms with E-state index in [0.29, 0.717) is 5.03 Å². The van der Waals surface area contributed by atoms with Gasteiger partial charge in [-0.1, -0.05) is 0 Å². The number of thioether (sulfide) groups is 1. The van der Waals surface area contributed by atoms with Gasteiger partial charge in [-0.05, 0) is 12.1 Å². The summed E-state index contributed by atoms with van der Waals surface area (Å²) < 4.78 is 59.7. The van der Waals surface area contributed by atoms with E-state index in [1.54, 1.807) is 0 Å². The van der Waals surface area contributed by atoms with Gasteiger partial charge in [-0.25, -0.2) is 13.4 Å². The molecule has 9 heteroatoms. The van der Waals surface area contributed by atoms with Crippen molar-refractivity contribution < 1.29 is 21.6 Å². The van der Waals surface area contributed by atoms with Gasteiger partial charge in [0.05, 0.1) is 27.5 Å². The van der Waals surface area contributed by atoms with Crippen LogP contribution in [-0.2, 0) is 16.0 Å². The Bertz CT molecular complexity index is 559. The number of rotatable bonds is 2. The van der Waals surface area contributed by atoms with Gasteiger partial charge in [0.2, 0.25) is 0 Å². The molecule has 0 aromatic carbocycles. The zero-order chi connectivity index (χ0) is 14.3. The molecule has 2 rings (SSSR count). The maximum atomic E-state index is 12.3. The third kappa shape index (κ3) is 3.76. The predicted molar refractivity (Wildman–Crippen MR) is 67.2 cm³/mol. The monoisotopic (exact) mass is 331 g/mol. The van der Waals surface area contributed by atoms with Crippen molar-refractivity contribution in [2.75, 3.05) is 11.5 Å². The molecule has 106 valence electrons. The van der Waals surface area contributed by atoms with E-state index in [-0.39, 0.29) is 16.8 Å². The Hall–Kier alpha value is -0.470. The molecule has 0 aliphatic carbocycles. The van der Waals surface area contributed by atoms with Gasteiger partial charge in [-0.15, -0.1) is 23.4 Å². The Morgan fingerprint density at radius 2 is 2.00 bits per heavy atom. The summed E-state index contributed by atoms with van der Waals surface area (Å²) >= 11 is 7.00. The molecule has 0 N–H and O–H groups in total. The van der Waals surface area contributed by atoms with Crippen LogP contribution in [0.2, 0.25) is 0 Å². The standard InChI is InChI=1S/C10H9ClF3NO2S2/c11-7-4-19(16,17)5-8(7)18-9-2-1-6(3-15-9)10(12,13)14/h1-3,7-8H,4-5H2/t7-,8-/m0/s1. The summed E-state index contributed by atoms with van der Waals surface area (Å²) in [6.45, 7) is 0. The first-order valence-corrected chi connectivity index (χ1v) is 8.35. The minimum absolute atomic E-state index is 0.0749. The molecule has 3 nitrogen and oxygen atoms in total. The third-order valence-electron chi connectivity index (χ3n) is 2.57. The summed E-state index contributed by atoms with van der Waals surface area (Å²) in [6, 6.07) is 2.14.